The summed E-state index contributed by atoms with van der Waals surface area (Å²) in [5.41, 5.74) is 1.26. The Morgan fingerprint density at radius 3 is 3.00 bits per heavy atom. The summed E-state index contributed by atoms with van der Waals surface area (Å²) in [6.45, 7) is 1.72. The van der Waals surface area contributed by atoms with Crippen LogP contribution in [0.1, 0.15) is 16.1 Å². The van der Waals surface area contributed by atoms with E-state index < -0.39 is 5.97 Å². The van der Waals surface area contributed by atoms with Crippen molar-refractivity contribution in [1.29, 1.82) is 0 Å². The number of carboxylic acid groups (broad SMARTS) is 1. The number of aromatic nitrogens is 3. The first-order valence-corrected chi connectivity index (χ1v) is 3.74. The summed E-state index contributed by atoms with van der Waals surface area (Å²) in [5, 5.41) is 16.9. The van der Waals surface area contributed by atoms with Crippen LogP contribution in [0.15, 0.2) is 12.3 Å². The number of aromatic amines is 1. The van der Waals surface area contributed by atoms with E-state index in [4.69, 9.17) is 5.11 Å². The Balaban J connectivity index is 2.80. The number of hydrogen-bond acceptors (Lipinski definition) is 3. The summed E-state index contributed by atoms with van der Waals surface area (Å²) in [4.78, 5) is 13.5. The zero-order valence-electron chi connectivity index (χ0n) is 6.90. The van der Waals surface area contributed by atoms with E-state index in [9.17, 15) is 4.79 Å². The molecule has 2 aromatic heterocycles. The molecular formula is C8H7N3O2. The molecule has 0 aliphatic heterocycles. The van der Waals surface area contributed by atoms with Crippen LogP contribution < -0.4 is 0 Å². The van der Waals surface area contributed by atoms with E-state index in [-0.39, 0.29) is 5.69 Å². The van der Waals surface area contributed by atoms with Crippen molar-refractivity contribution >= 4 is 17.0 Å². The van der Waals surface area contributed by atoms with E-state index >= 15 is 0 Å². The van der Waals surface area contributed by atoms with Crippen LogP contribution in [0.5, 0.6) is 0 Å². The molecule has 0 unspecified atom stereocenters. The Kier molecular flexibility index (Phi) is 1.51. The molecule has 0 saturated carbocycles. The van der Waals surface area contributed by atoms with Crippen molar-refractivity contribution in [2.45, 2.75) is 6.92 Å². The monoisotopic (exact) mass is 177 g/mol. The fraction of sp³-hybridized carbons (Fsp3) is 0.125. The van der Waals surface area contributed by atoms with Crippen molar-refractivity contribution in [2.75, 3.05) is 0 Å². The lowest BCUT2D eigenvalue weighted by Gasteiger charge is -1.98. The third-order valence-electron chi connectivity index (χ3n) is 1.94. The van der Waals surface area contributed by atoms with Crippen molar-refractivity contribution in [3.63, 3.8) is 0 Å². The van der Waals surface area contributed by atoms with E-state index in [0.717, 1.165) is 5.39 Å². The number of carboxylic acids is 1. The molecule has 0 spiro atoms. The molecular weight excluding hydrogens is 170 g/mol. The topological polar surface area (TPSA) is 78.9 Å². The van der Waals surface area contributed by atoms with Gasteiger partial charge in [-0.15, -0.1) is 10.2 Å². The number of nitrogens with zero attached hydrogens (tertiary/aromatic N) is 2. The number of nitrogens with one attached hydrogen (secondary N) is 1. The van der Waals surface area contributed by atoms with Gasteiger partial charge >= 0.3 is 5.97 Å². The van der Waals surface area contributed by atoms with Crippen LogP contribution in [-0.2, 0) is 0 Å². The van der Waals surface area contributed by atoms with Gasteiger partial charge in [0.05, 0.1) is 0 Å². The van der Waals surface area contributed by atoms with E-state index in [1.165, 1.54) is 0 Å². The number of hydrogen-bond donors (Lipinski definition) is 2. The van der Waals surface area contributed by atoms with Gasteiger partial charge in [-0.1, -0.05) is 0 Å². The second kappa shape index (κ2) is 2.55. The zero-order valence-corrected chi connectivity index (χ0v) is 6.90. The Hall–Kier alpha value is -1.91. The quantitative estimate of drug-likeness (QED) is 0.680. The van der Waals surface area contributed by atoms with Crippen LogP contribution in [0.2, 0.25) is 0 Å². The van der Waals surface area contributed by atoms with Gasteiger partial charge in [0.1, 0.15) is 0 Å². The molecule has 13 heavy (non-hydrogen) atoms. The highest BCUT2D eigenvalue weighted by atomic mass is 16.4. The molecule has 0 aromatic carbocycles. The molecule has 0 aliphatic rings. The number of carbonyl (C=O) groups is 1. The van der Waals surface area contributed by atoms with Crippen molar-refractivity contribution in [3.8, 4) is 0 Å². The maximum atomic E-state index is 10.7. The van der Waals surface area contributed by atoms with Crippen LogP contribution in [0.4, 0.5) is 0 Å². The molecule has 0 saturated heterocycles. The third-order valence-corrected chi connectivity index (χ3v) is 1.94. The predicted molar refractivity (Wildman–Crippen MR) is 45.6 cm³/mol. The number of aromatic carboxylic acids is 1. The van der Waals surface area contributed by atoms with Gasteiger partial charge in [-0.2, -0.15) is 0 Å². The van der Waals surface area contributed by atoms with Crippen molar-refractivity contribution in [2.24, 2.45) is 0 Å². The maximum Gasteiger partial charge on any atom is 0.356 e. The summed E-state index contributed by atoms with van der Waals surface area (Å²) in [7, 11) is 0. The fourth-order valence-corrected chi connectivity index (χ4v) is 1.25. The Labute approximate surface area is 73.4 Å². The average molecular weight is 177 g/mol. The first-order valence-electron chi connectivity index (χ1n) is 3.74. The van der Waals surface area contributed by atoms with Crippen LogP contribution in [0.3, 0.4) is 0 Å². The minimum absolute atomic E-state index is 0.00657. The molecule has 2 heterocycles. The van der Waals surface area contributed by atoms with Crippen LogP contribution >= 0.6 is 0 Å². The second-order valence-electron chi connectivity index (χ2n) is 2.72. The lowest BCUT2D eigenvalue weighted by Crippen LogP contribution is -2.05. The normalized spacial score (nSPS) is 10.5. The summed E-state index contributed by atoms with van der Waals surface area (Å²) in [6.07, 6.45) is 1.71. The average Bonchev–Trinajstić information content (AvgIpc) is 2.52. The second-order valence-corrected chi connectivity index (χ2v) is 2.72. The zero-order chi connectivity index (χ0) is 9.42. The van der Waals surface area contributed by atoms with Gasteiger partial charge in [0.15, 0.2) is 11.3 Å². The number of fused-ring (bicyclic) bond motifs is 1. The number of rotatable bonds is 1. The Morgan fingerprint density at radius 1 is 1.54 bits per heavy atom. The predicted octanol–water partition coefficient (Wildman–Crippen LogP) is 0.965. The van der Waals surface area contributed by atoms with Crippen molar-refractivity contribution < 1.29 is 9.90 Å². The highest BCUT2D eigenvalue weighted by molar-refractivity contribution is 5.92. The van der Waals surface area contributed by atoms with Crippen LogP contribution in [0, 0.1) is 6.92 Å². The molecule has 5 heteroatoms. The fourth-order valence-electron chi connectivity index (χ4n) is 1.25. The Bertz CT molecular complexity index is 475. The minimum atomic E-state index is -1.05. The molecule has 2 aromatic rings. The van der Waals surface area contributed by atoms with E-state index in [0.29, 0.717) is 11.2 Å². The third kappa shape index (κ3) is 1.05. The first-order chi connectivity index (χ1) is 6.20. The molecule has 0 aliphatic carbocycles. The van der Waals surface area contributed by atoms with Crippen molar-refractivity contribution in [3.05, 3.63) is 23.5 Å². The largest absolute Gasteiger partial charge is 0.476 e. The number of H-pyrrole nitrogens is 1. The molecule has 2 rings (SSSR count). The molecule has 0 radical (unpaired) electrons. The lowest BCUT2D eigenvalue weighted by molar-refractivity contribution is 0.0688. The summed E-state index contributed by atoms with van der Waals surface area (Å²) in [5.74, 6) is -1.05. The molecule has 2 N–H and O–H groups in total. The molecule has 66 valence electrons. The van der Waals surface area contributed by atoms with E-state index in [1.54, 1.807) is 19.2 Å². The standard InChI is InChI=1S/C8H7N3O2/c1-4-5-2-3-9-7(5)11-10-6(4)8(12)13/h2-3H,1H3,(H,9,11)(H,12,13). The van der Waals surface area contributed by atoms with Gasteiger partial charge in [-0.25, -0.2) is 4.79 Å². The van der Waals surface area contributed by atoms with Gasteiger partial charge in [0.2, 0.25) is 0 Å². The van der Waals surface area contributed by atoms with E-state index in [2.05, 4.69) is 15.2 Å². The van der Waals surface area contributed by atoms with Gasteiger partial charge in [-0.05, 0) is 18.6 Å². The summed E-state index contributed by atoms with van der Waals surface area (Å²) < 4.78 is 0. The SMILES string of the molecule is Cc1c(C(=O)O)nnc2[nH]ccc12. The van der Waals surface area contributed by atoms with Crippen LogP contribution in [0.25, 0.3) is 11.0 Å². The number of aryl methyl sites for hydroxylation is 1. The summed E-state index contributed by atoms with van der Waals surface area (Å²) in [6, 6.07) is 1.78. The van der Waals surface area contributed by atoms with Gasteiger partial charge in [0, 0.05) is 11.6 Å². The smallest absolute Gasteiger partial charge is 0.356 e. The first kappa shape index (κ1) is 7.72. The Morgan fingerprint density at radius 2 is 2.31 bits per heavy atom. The van der Waals surface area contributed by atoms with Gasteiger partial charge in [0.25, 0.3) is 0 Å². The molecule has 0 atom stereocenters. The minimum Gasteiger partial charge on any atom is -0.476 e. The molecule has 0 fully saturated rings. The maximum absolute atomic E-state index is 10.7. The molecule has 5 nitrogen and oxygen atoms in total. The van der Waals surface area contributed by atoms with E-state index in [1.807, 2.05) is 0 Å². The highest BCUT2D eigenvalue weighted by Gasteiger charge is 2.12. The van der Waals surface area contributed by atoms with Crippen LogP contribution in [-0.4, -0.2) is 26.3 Å². The lowest BCUT2D eigenvalue weighted by atomic mass is 10.2. The van der Waals surface area contributed by atoms with Crippen molar-refractivity contribution in [1.82, 2.24) is 15.2 Å². The molecule has 0 amide bonds. The van der Waals surface area contributed by atoms with Gasteiger partial charge < -0.3 is 10.1 Å². The highest BCUT2D eigenvalue weighted by Crippen LogP contribution is 2.16. The van der Waals surface area contributed by atoms with Gasteiger partial charge in [-0.3, -0.25) is 0 Å². The summed E-state index contributed by atoms with van der Waals surface area (Å²) >= 11 is 0. The molecule has 0 bridgehead atoms.